The number of piperazine rings is 1. The summed E-state index contributed by atoms with van der Waals surface area (Å²) in [6.07, 6.45) is 6.87. The van der Waals surface area contributed by atoms with Crippen molar-refractivity contribution in [3.05, 3.63) is 0 Å². The Balaban J connectivity index is 0.00000256. The Morgan fingerprint density at radius 1 is 1.23 bits per heavy atom. The first-order valence-corrected chi connectivity index (χ1v) is 11.3. The van der Waals surface area contributed by atoms with Crippen LogP contribution in [0.25, 0.3) is 0 Å². The molecule has 2 aliphatic carbocycles. The number of aliphatic imine (C=N–C) groups is 1. The maximum atomic E-state index is 12.0. The van der Waals surface area contributed by atoms with Gasteiger partial charge in [-0.15, -0.1) is 24.0 Å². The average Bonchev–Trinajstić information content (AvgIpc) is 3.39. The molecule has 2 heterocycles. The molecule has 4 fully saturated rings. The summed E-state index contributed by atoms with van der Waals surface area (Å²) in [4.78, 5) is 21.2. The van der Waals surface area contributed by atoms with Crippen molar-refractivity contribution in [2.45, 2.75) is 44.2 Å². The van der Waals surface area contributed by atoms with Gasteiger partial charge in [0, 0.05) is 70.9 Å². The highest BCUT2D eigenvalue weighted by atomic mass is 127. The van der Waals surface area contributed by atoms with Gasteiger partial charge in [0.2, 0.25) is 5.91 Å². The lowest BCUT2D eigenvalue weighted by Gasteiger charge is -2.57. The number of amides is 1. The normalized spacial score (nSPS) is 30.5. The molecule has 2 saturated heterocycles. The highest BCUT2D eigenvalue weighted by Gasteiger charge is 2.65. The number of rotatable bonds is 6. The van der Waals surface area contributed by atoms with Crippen LogP contribution in [0, 0.1) is 11.3 Å². The third kappa shape index (κ3) is 4.73. The molecule has 0 bridgehead atoms. The number of hydrogen-bond donors (Lipinski definition) is 2. The first kappa shape index (κ1) is 24.0. The first-order valence-electron chi connectivity index (χ1n) is 11.3. The van der Waals surface area contributed by atoms with Crippen molar-refractivity contribution in [1.29, 1.82) is 0 Å². The van der Waals surface area contributed by atoms with E-state index in [0.29, 0.717) is 43.2 Å². The predicted molar refractivity (Wildman–Crippen MR) is 127 cm³/mol. The second kappa shape index (κ2) is 10.8. The van der Waals surface area contributed by atoms with E-state index in [1.165, 1.54) is 32.1 Å². The van der Waals surface area contributed by atoms with Crippen LogP contribution in [0.3, 0.4) is 0 Å². The first-order chi connectivity index (χ1) is 14.2. The second-order valence-electron chi connectivity index (χ2n) is 8.96. The number of nitrogens with one attached hydrogen (secondary N) is 2. The summed E-state index contributed by atoms with van der Waals surface area (Å²) in [6, 6.07) is 0.501. The van der Waals surface area contributed by atoms with Crippen LogP contribution in [-0.4, -0.2) is 100 Å². The largest absolute Gasteiger partial charge is 0.383 e. The Labute approximate surface area is 197 Å². The molecule has 2 aliphatic heterocycles. The van der Waals surface area contributed by atoms with Crippen molar-refractivity contribution in [2.75, 3.05) is 66.6 Å². The maximum absolute atomic E-state index is 12.0. The Kier molecular flexibility index (Phi) is 8.63. The van der Waals surface area contributed by atoms with Crippen LogP contribution >= 0.6 is 24.0 Å². The Hall–Kier alpha value is -0.650. The number of guanidine groups is 1. The molecule has 0 radical (unpaired) electrons. The SMILES string of the molecule is CN=C(NC1C2CCOC2C12CCCC2)N1CCN(CC(=O)NCCOC)CC1.I. The zero-order valence-electron chi connectivity index (χ0n) is 18.4. The van der Waals surface area contributed by atoms with Crippen molar-refractivity contribution in [3.8, 4) is 0 Å². The molecule has 0 aromatic heterocycles. The third-order valence-corrected chi connectivity index (χ3v) is 7.45. The molecule has 1 spiro atoms. The molecular formula is C21H38IN5O3. The lowest BCUT2D eigenvalue weighted by atomic mass is 9.54. The van der Waals surface area contributed by atoms with E-state index in [1.807, 2.05) is 7.05 Å². The zero-order valence-corrected chi connectivity index (χ0v) is 20.7. The van der Waals surface area contributed by atoms with Gasteiger partial charge < -0.3 is 25.0 Å². The van der Waals surface area contributed by atoms with Gasteiger partial charge in [-0.25, -0.2) is 0 Å². The minimum atomic E-state index is 0. The van der Waals surface area contributed by atoms with Crippen LogP contribution < -0.4 is 10.6 Å². The van der Waals surface area contributed by atoms with Gasteiger partial charge in [-0.3, -0.25) is 14.7 Å². The number of nitrogens with zero attached hydrogens (tertiary/aromatic N) is 3. The van der Waals surface area contributed by atoms with E-state index in [9.17, 15) is 4.79 Å². The standard InChI is InChI=1S/C21H37N5O3.HI/c1-22-20(24-18-16-5-13-29-19(16)21(18)6-3-4-7-21)26-11-9-25(10-12-26)15-17(27)23-8-14-28-2;/h16,18-19H,3-15H2,1-2H3,(H,22,24)(H,23,27);1H. The Morgan fingerprint density at radius 3 is 2.63 bits per heavy atom. The number of fused-ring (bicyclic) bond motifs is 2. The topological polar surface area (TPSA) is 78.4 Å². The molecule has 1 amide bonds. The lowest BCUT2D eigenvalue weighted by Crippen LogP contribution is -2.70. The monoisotopic (exact) mass is 535 g/mol. The number of carbonyl (C=O) groups excluding carboxylic acids is 1. The molecular weight excluding hydrogens is 497 g/mol. The molecule has 0 aromatic carbocycles. The lowest BCUT2D eigenvalue weighted by molar-refractivity contribution is -0.125. The fraction of sp³-hybridized carbons (Fsp3) is 0.905. The van der Waals surface area contributed by atoms with Crippen LogP contribution in [0.1, 0.15) is 32.1 Å². The van der Waals surface area contributed by atoms with E-state index < -0.39 is 0 Å². The fourth-order valence-corrected chi connectivity index (χ4v) is 6.01. The molecule has 0 aromatic rings. The van der Waals surface area contributed by atoms with Gasteiger partial charge in [-0.05, 0) is 19.3 Å². The predicted octanol–water partition coefficient (Wildman–Crippen LogP) is 0.908. The number of hydrogen-bond acceptors (Lipinski definition) is 5. The van der Waals surface area contributed by atoms with Crippen LogP contribution in [0.5, 0.6) is 0 Å². The van der Waals surface area contributed by atoms with Gasteiger partial charge in [0.25, 0.3) is 0 Å². The smallest absolute Gasteiger partial charge is 0.234 e. The minimum Gasteiger partial charge on any atom is -0.383 e. The Morgan fingerprint density at radius 2 is 1.97 bits per heavy atom. The molecule has 4 aliphatic rings. The quantitative estimate of drug-likeness (QED) is 0.228. The van der Waals surface area contributed by atoms with Crippen molar-refractivity contribution >= 4 is 35.8 Å². The van der Waals surface area contributed by atoms with Crippen LogP contribution in [-0.2, 0) is 14.3 Å². The van der Waals surface area contributed by atoms with E-state index in [0.717, 1.165) is 38.7 Å². The van der Waals surface area contributed by atoms with Crippen molar-refractivity contribution in [1.82, 2.24) is 20.4 Å². The summed E-state index contributed by atoms with van der Waals surface area (Å²) in [6.45, 7) is 6.05. The summed E-state index contributed by atoms with van der Waals surface area (Å²) in [5, 5.41) is 6.75. The van der Waals surface area contributed by atoms with Gasteiger partial charge in [-0.2, -0.15) is 0 Å². The molecule has 30 heavy (non-hydrogen) atoms. The molecule has 2 N–H and O–H groups in total. The van der Waals surface area contributed by atoms with Crippen molar-refractivity contribution in [2.24, 2.45) is 16.3 Å². The van der Waals surface area contributed by atoms with Crippen LogP contribution in [0.15, 0.2) is 4.99 Å². The summed E-state index contributed by atoms with van der Waals surface area (Å²) < 4.78 is 11.1. The van der Waals surface area contributed by atoms with Gasteiger partial charge >= 0.3 is 0 Å². The van der Waals surface area contributed by atoms with Crippen LogP contribution in [0.4, 0.5) is 0 Å². The van der Waals surface area contributed by atoms with E-state index >= 15 is 0 Å². The van der Waals surface area contributed by atoms with E-state index in [4.69, 9.17) is 9.47 Å². The number of halogens is 1. The van der Waals surface area contributed by atoms with Gasteiger partial charge in [0.15, 0.2) is 5.96 Å². The van der Waals surface area contributed by atoms with E-state index in [2.05, 4.69) is 25.4 Å². The number of ether oxygens (including phenoxy) is 2. The van der Waals surface area contributed by atoms with Crippen molar-refractivity contribution < 1.29 is 14.3 Å². The summed E-state index contributed by atoms with van der Waals surface area (Å²) >= 11 is 0. The molecule has 3 unspecified atom stereocenters. The highest BCUT2D eigenvalue weighted by Crippen LogP contribution is 2.60. The summed E-state index contributed by atoms with van der Waals surface area (Å²) in [7, 11) is 3.53. The highest BCUT2D eigenvalue weighted by molar-refractivity contribution is 14.0. The molecule has 2 saturated carbocycles. The molecule has 3 atom stereocenters. The minimum absolute atomic E-state index is 0. The summed E-state index contributed by atoms with van der Waals surface area (Å²) in [5.74, 6) is 1.74. The molecule has 172 valence electrons. The maximum Gasteiger partial charge on any atom is 0.234 e. The molecule has 4 rings (SSSR count). The number of methoxy groups -OCH3 is 1. The zero-order chi connectivity index (χ0) is 20.3. The average molecular weight is 535 g/mol. The second-order valence-corrected chi connectivity index (χ2v) is 8.96. The van der Waals surface area contributed by atoms with Gasteiger partial charge in [0.05, 0.1) is 19.3 Å². The van der Waals surface area contributed by atoms with Crippen LogP contribution in [0.2, 0.25) is 0 Å². The summed E-state index contributed by atoms with van der Waals surface area (Å²) in [5.41, 5.74) is 0.333. The third-order valence-electron chi connectivity index (χ3n) is 7.45. The van der Waals surface area contributed by atoms with E-state index in [-0.39, 0.29) is 29.9 Å². The van der Waals surface area contributed by atoms with Gasteiger partial charge in [-0.1, -0.05) is 12.8 Å². The fourth-order valence-electron chi connectivity index (χ4n) is 6.01. The molecule has 8 nitrogen and oxygen atoms in total. The van der Waals surface area contributed by atoms with E-state index in [1.54, 1.807) is 7.11 Å². The van der Waals surface area contributed by atoms with Crippen molar-refractivity contribution in [3.63, 3.8) is 0 Å². The molecule has 9 heteroatoms. The number of carbonyl (C=O) groups is 1. The van der Waals surface area contributed by atoms with Gasteiger partial charge in [0.1, 0.15) is 0 Å². The Bertz CT molecular complexity index is 605.